The minimum atomic E-state index is -0.347. The van der Waals surface area contributed by atoms with Gasteiger partial charge in [-0.15, -0.1) is 13.2 Å². The number of rotatable bonds is 29. The number of thioether (sulfide) groups is 4. The van der Waals surface area contributed by atoms with Crippen LogP contribution in [0.4, 0.5) is 0 Å². The molecule has 9 aromatic rings. The van der Waals surface area contributed by atoms with Gasteiger partial charge >= 0.3 is 0 Å². The summed E-state index contributed by atoms with van der Waals surface area (Å²) in [7, 11) is 6.74. The van der Waals surface area contributed by atoms with E-state index < -0.39 is 0 Å². The van der Waals surface area contributed by atoms with E-state index in [1.165, 1.54) is 34.0 Å². The first kappa shape index (κ1) is 87.0. The lowest BCUT2D eigenvalue weighted by Gasteiger charge is -2.45. The molecule has 614 valence electrons. The third-order valence-electron chi connectivity index (χ3n) is 22.2. The number of hydrogen-bond donors (Lipinski definition) is 3. The van der Waals surface area contributed by atoms with E-state index >= 15 is 0 Å². The number of aliphatic hydroxyl groups excluding tert-OH is 2. The molecule has 2 spiro atoms. The molecule has 0 atom stereocenters. The zero-order valence-corrected chi connectivity index (χ0v) is 71.5. The van der Waals surface area contributed by atoms with Gasteiger partial charge in [0.15, 0.2) is 20.6 Å². The highest BCUT2D eigenvalue weighted by molar-refractivity contribution is 7.99. The number of fused-ring (bicyclic) bond motifs is 14. The summed E-state index contributed by atoms with van der Waals surface area (Å²) in [5.41, 5.74) is 17.1. The molecule has 4 aliphatic carbocycles. The summed E-state index contributed by atoms with van der Waals surface area (Å²) in [6, 6.07) is 43.0. The first-order chi connectivity index (χ1) is 56.4. The summed E-state index contributed by atoms with van der Waals surface area (Å²) in [6.07, 6.45) is 11.6. The minimum Gasteiger partial charge on any atom is -0.477 e. The number of nitrogens with one attached hydrogen (secondary N) is 1. The van der Waals surface area contributed by atoms with Crippen LogP contribution in [0.1, 0.15) is 121 Å². The van der Waals surface area contributed by atoms with Crippen molar-refractivity contribution in [2.24, 2.45) is 0 Å². The van der Waals surface area contributed by atoms with E-state index in [1.54, 1.807) is 85.0 Å². The number of carbonyl (C=O) groups excluding carboxylic acids is 1. The third-order valence-corrected chi connectivity index (χ3v) is 25.7. The Morgan fingerprint density at radius 2 is 0.810 bits per heavy atom. The van der Waals surface area contributed by atoms with Crippen molar-refractivity contribution in [2.75, 3.05) is 130 Å². The van der Waals surface area contributed by atoms with E-state index in [-0.39, 0.29) is 51.9 Å². The molecule has 5 aromatic carbocycles. The monoisotopic (exact) mass is 1650 g/mol. The van der Waals surface area contributed by atoms with Crippen LogP contribution < -0.4 is 25.9 Å². The maximum Gasteiger partial charge on any atom is 0.258 e. The molecule has 116 heavy (non-hydrogen) atoms. The molecule has 25 heteroatoms. The van der Waals surface area contributed by atoms with Crippen LogP contribution in [-0.4, -0.2) is 191 Å². The van der Waals surface area contributed by atoms with E-state index in [2.05, 4.69) is 119 Å². The number of ether oxygens (including phenoxy) is 6. The first-order valence-corrected chi connectivity index (χ1v) is 44.1. The second-order valence-corrected chi connectivity index (χ2v) is 35.3. The summed E-state index contributed by atoms with van der Waals surface area (Å²) in [4.78, 5) is 72.2. The van der Waals surface area contributed by atoms with Gasteiger partial charge in [0.2, 0.25) is 11.8 Å². The van der Waals surface area contributed by atoms with Crippen LogP contribution in [0.2, 0.25) is 0 Å². The lowest BCUT2D eigenvalue weighted by Crippen LogP contribution is -2.50. The smallest absolute Gasteiger partial charge is 0.258 e. The summed E-state index contributed by atoms with van der Waals surface area (Å²) in [5.74, 6) is 4.38. The first-order valence-electron chi connectivity index (χ1n) is 40.1. The van der Waals surface area contributed by atoms with Crippen molar-refractivity contribution in [3.05, 3.63) is 223 Å². The van der Waals surface area contributed by atoms with Crippen molar-refractivity contribution in [1.29, 1.82) is 0 Å². The number of aromatic nitrogens is 8. The molecule has 6 aliphatic rings. The zero-order valence-electron chi connectivity index (χ0n) is 68.2. The van der Waals surface area contributed by atoms with Crippen LogP contribution in [-0.2, 0) is 79.4 Å². The number of amides is 1. The van der Waals surface area contributed by atoms with Gasteiger partial charge in [-0.05, 0) is 98.8 Å². The van der Waals surface area contributed by atoms with Crippen molar-refractivity contribution in [3.63, 3.8) is 0 Å². The molecule has 2 aliphatic heterocycles. The third kappa shape index (κ3) is 19.8. The molecule has 6 heterocycles. The Morgan fingerprint density at radius 1 is 0.457 bits per heavy atom. The fourth-order valence-electron chi connectivity index (χ4n) is 16.7. The van der Waals surface area contributed by atoms with E-state index in [4.69, 9.17) is 68.5 Å². The molecule has 15 rings (SSSR count). The second-order valence-electron chi connectivity index (χ2n) is 31.0. The van der Waals surface area contributed by atoms with Crippen molar-refractivity contribution >= 4 is 53.0 Å². The summed E-state index contributed by atoms with van der Waals surface area (Å²) in [6.45, 7) is 24.2. The van der Waals surface area contributed by atoms with Gasteiger partial charge in [0.1, 0.15) is 0 Å². The summed E-state index contributed by atoms with van der Waals surface area (Å²) >= 11 is 6.25. The van der Waals surface area contributed by atoms with Gasteiger partial charge in [0.25, 0.3) is 17.0 Å². The second kappa shape index (κ2) is 40.9. The Labute approximate surface area is 699 Å². The molecule has 0 radical (unpaired) electrons. The lowest BCUT2D eigenvalue weighted by atomic mass is 9.64. The van der Waals surface area contributed by atoms with Gasteiger partial charge in [-0.2, -0.15) is 9.97 Å². The molecular formula is C91H110N10O11S4. The van der Waals surface area contributed by atoms with Crippen LogP contribution in [0, 0.1) is 0 Å². The van der Waals surface area contributed by atoms with Crippen LogP contribution in [0.5, 0.6) is 11.8 Å². The molecule has 0 saturated carbocycles. The summed E-state index contributed by atoms with van der Waals surface area (Å²) < 4.78 is 36.2. The van der Waals surface area contributed by atoms with E-state index in [1.807, 2.05) is 59.5 Å². The number of nitrogens with zero attached hydrogens (tertiary/aromatic N) is 9. The topological polar surface area (TPSA) is 250 Å². The minimum absolute atomic E-state index is 0.0113. The highest BCUT2D eigenvalue weighted by Crippen LogP contribution is 2.51. The number of benzene rings is 5. The predicted molar refractivity (Wildman–Crippen MR) is 466 cm³/mol. The maximum atomic E-state index is 14.1. The molecule has 0 unspecified atom stereocenters. The number of piperidine rings is 2. The number of aliphatic hydroxyl groups is 2. The van der Waals surface area contributed by atoms with E-state index in [0.29, 0.717) is 117 Å². The normalized spacial score (nSPS) is 15.6. The van der Waals surface area contributed by atoms with Crippen molar-refractivity contribution < 1.29 is 43.4 Å². The number of carbonyl (C=O) groups is 1. The number of allylic oxidation sites excluding steroid dienone is 2. The molecule has 0 bridgehead atoms. The van der Waals surface area contributed by atoms with Crippen molar-refractivity contribution in [3.8, 4) is 56.8 Å². The SMILES string of the molecule is C=CCn1c(SCCOC)nc2c(c1=O)C1(CCN(C(=O)c3ccccc3)CC1)Cc1ccccc1-2.C=CCn1c(SCCOC)nc2c(c1=O)C1(CCNCC1)Cc1ccccc1-2.COCCSc1nc(OCCCO)c2c(n1)-c1ccccc1CC2(C)C.COCCSc1nc(OCCCO)c2c(n1)-c1ccccc1CC2(C)C. The van der Waals surface area contributed by atoms with Crippen LogP contribution in [0.25, 0.3) is 45.0 Å². The van der Waals surface area contributed by atoms with E-state index in [0.717, 1.165) is 154 Å². The zero-order chi connectivity index (χ0) is 81.8. The standard InChI is InChI=1S/C29H31N3O3S.C22H27N3O2S.2C20H26N2O3S/c1-3-15-32-27(34)24-25(30-28(32)36-19-18-35-2)23-12-8-7-11-22(23)20-29(24)13-16-31(17-14-29)26(33)21-9-5-4-6-10-21;1-3-12-25-20(26)18-19(24-21(25)28-14-13-27-2)17-7-5-4-6-16(17)15-22(18)8-10-23-11-9-22;2*1-20(2)13-14-7-4-5-8-15(14)17-16(20)18(25-10-6-9-23)22-19(21-17)26-12-11-24-3/h3-12H,1,13-20H2,2H3;3-7,23H,1,8-15H2,2H3;2*4-5,7-8,23H,6,9-13H2,1-3H3. The number of methoxy groups -OCH3 is 4. The highest BCUT2D eigenvalue weighted by atomic mass is 32.2. The van der Waals surface area contributed by atoms with Crippen LogP contribution in [0.15, 0.2) is 183 Å². The van der Waals surface area contributed by atoms with Gasteiger partial charge in [-0.25, -0.2) is 19.9 Å². The lowest BCUT2D eigenvalue weighted by molar-refractivity contribution is 0.0662. The van der Waals surface area contributed by atoms with Crippen LogP contribution >= 0.6 is 47.0 Å². The Kier molecular flexibility index (Phi) is 30.7. The van der Waals surface area contributed by atoms with Gasteiger partial charge in [0.05, 0.1) is 73.5 Å². The Bertz CT molecular complexity index is 4880. The van der Waals surface area contributed by atoms with Crippen molar-refractivity contribution in [2.45, 2.75) is 147 Å². The molecule has 2 saturated heterocycles. The largest absolute Gasteiger partial charge is 0.477 e. The quantitative estimate of drug-likeness (QED) is 0.0171. The molecule has 1 amide bonds. The fourth-order valence-corrected chi connectivity index (χ4v) is 19.9. The summed E-state index contributed by atoms with van der Waals surface area (Å²) in [5, 5.41) is 24.5. The van der Waals surface area contributed by atoms with Crippen molar-refractivity contribution in [1.82, 2.24) is 49.3 Å². The number of likely N-dealkylation sites (tertiary alicyclic amines) is 1. The number of hydrogen-bond acceptors (Lipinski definition) is 22. The Balaban J connectivity index is 0.000000144. The molecule has 21 nitrogen and oxygen atoms in total. The molecular weight excluding hydrogens is 1540 g/mol. The Hall–Kier alpha value is -8.31. The molecule has 2 fully saturated rings. The highest BCUT2D eigenvalue weighted by Gasteiger charge is 2.47. The predicted octanol–water partition coefficient (Wildman–Crippen LogP) is 14.5. The molecule has 4 aromatic heterocycles. The average molecular weight is 1650 g/mol. The van der Waals surface area contributed by atoms with Gasteiger partial charge in [-0.3, -0.25) is 23.5 Å². The maximum absolute atomic E-state index is 14.1. The average Bonchev–Trinajstić information content (AvgIpc) is 0.780. The van der Waals surface area contributed by atoms with Crippen LogP contribution in [0.3, 0.4) is 0 Å². The van der Waals surface area contributed by atoms with Gasteiger partial charge in [-0.1, -0.05) is 202 Å². The fraction of sp³-hybridized carbons (Fsp3) is 0.440. The Morgan fingerprint density at radius 3 is 1.19 bits per heavy atom. The van der Waals surface area contributed by atoms with Gasteiger partial charge in [0, 0.05) is 164 Å². The molecule has 3 N–H and O–H groups in total. The van der Waals surface area contributed by atoms with E-state index in [9.17, 15) is 14.4 Å². The van der Waals surface area contributed by atoms with Gasteiger partial charge < -0.3 is 48.9 Å².